The van der Waals surface area contributed by atoms with Crippen LogP contribution >= 0.6 is 11.8 Å². The molecule has 2 fully saturated rings. The summed E-state index contributed by atoms with van der Waals surface area (Å²) < 4.78 is 2.30. The number of rotatable bonds is 6. The van der Waals surface area contributed by atoms with Crippen LogP contribution in [-0.2, 0) is 0 Å². The minimum absolute atomic E-state index is 0.0748. The molecule has 1 aromatic heterocycles. The first-order valence-corrected chi connectivity index (χ1v) is 10.1. The van der Waals surface area contributed by atoms with Crippen LogP contribution in [0.3, 0.4) is 0 Å². The van der Waals surface area contributed by atoms with Crippen molar-refractivity contribution in [3.05, 3.63) is 39.9 Å². The van der Waals surface area contributed by atoms with Gasteiger partial charge in [-0.25, -0.2) is 0 Å². The molecule has 1 atom stereocenters. The molecule has 0 amide bonds. The molecule has 1 saturated heterocycles. The molecule has 0 spiro atoms. The molecule has 1 unspecified atom stereocenters. The van der Waals surface area contributed by atoms with Crippen LogP contribution in [0.2, 0.25) is 0 Å². The van der Waals surface area contributed by atoms with Crippen molar-refractivity contribution in [3.63, 3.8) is 0 Å². The van der Waals surface area contributed by atoms with Gasteiger partial charge in [0.05, 0.1) is 4.92 Å². The van der Waals surface area contributed by atoms with Gasteiger partial charge in [-0.3, -0.25) is 14.7 Å². The van der Waals surface area contributed by atoms with E-state index in [1.54, 1.807) is 23.9 Å². The summed E-state index contributed by atoms with van der Waals surface area (Å²) in [6, 6.07) is 7.37. The topological polar surface area (TPSA) is 77.1 Å². The largest absolute Gasteiger partial charge is 0.341 e. The Labute approximate surface area is 156 Å². The second kappa shape index (κ2) is 7.26. The van der Waals surface area contributed by atoms with Crippen molar-refractivity contribution in [2.75, 3.05) is 18.0 Å². The van der Waals surface area contributed by atoms with Gasteiger partial charge in [0, 0.05) is 36.5 Å². The monoisotopic (exact) mass is 373 g/mol. The number of piperidine rings is 1. The lowest BCUT2D eigenvalue weighted by atomic mass is 10.1. The smallest absolute Gasteiger partial charge is 0.269 e. The van der Waals surface area contributed by atoms with E-state index in [4.69, 9.17) is 0 Å². The number of benzene rings is 1. The maximum absolute atomic E-state index is 11.0. The number of nitro benzene ring substituents is 1. The Kier molecular flexibility index (Phi) is 4.84. The van der Waals surface area contributed by atoms with Gasteiger partial charge in [0.2, 0.25) is 5.95 Å². The molecule has 0 radical (unpaired) electrons. The third-order valence-electron chi connectivity index (χ3n) is 5.03. The number of anilines is 1. The summed E-state index contributed by atoms with van der Waals surface area (Å²) in [5.74, 6) is 1.00. The Morgan fingerprint density at radius 2 is 2.00 bits per heavy atom. The number of nitrogens with zero attached hydrogens (tertiary/aromatic N) is 5. The Morgan fingerprint density at radius 1 is 1.23 bits per heavy atom. The fraction of sp³-hybridized carbons (Fsp3) is 0.556. The highest BCUT2D eigenvalue weighted by molar-refractivity contribution is 7.99. The molecule has 1 aromatic carbocycles. The highest BCUT2D eigenvalue weighted by Gasteiger charge is 2.32. The quantitative estimate of drug-likeness (QED) is 0.425. The predicted molar refractivity (Wildman–Crippen MR) is 102 cm³/mol. The van der Waals surface area contributed by atoms with Crippen molar-refractivity contribution in [2.45, 2.75) is 55.5 Å². The second-order valence-electron chi connectivity index (χ2n) is 7.04. The van der Waals surface area contributed by atoms with Crippen molar-refractivity contribution < 1.29 is 4.92 Å². The number of non-ortho nitro benzene ring substituents is 1. The van der Waals surface area contributed by atoms with E-state index in [0.29, 0.717) is 6.04 Å². The highest BCUT2D eigenvalue weighted by atomic mass is 32.2. The zero-order valence-electron chi connectivity index (χ0n) is 14.9. The molecule has 2 aromatic rings. The van der Waals surface area contributed by atoms with E-state index < -0.39 is 0 Å². The van der Waals surface area contributed by atoms with Crippen LogP contribution in [0.5, 0.6) is 0 Å². The average molecular weight is 373 g/mol. The third kappa shape index (κ3) is 3.56. The summed E-state index contributed by atoms with van der Waals surface area (Å²) >= 11 is 1.64. The number of thioether (sulfide) groups is 1. The summed E-state index contributed by atoms with van der Waals surface area (Å²) in [5.41, 5.74) is 1.07. The van der Waals surface area contributed by atoms with E-state index in [9.17, 15) is 10.1 Å². The lowest BCUT2D eigenvalue weighted by Crippen LogP contribution is -2.31. The van der Waals surface area contributed by atoms with Gasteiger partial charge in [-0.1, -0.05) is 23.9 Å². The second-order valence-corrected chi connectivity index (χ2v) is 8.35. The summed E-state index contributed by atoms with van der Waals surface area (Å²) in [5, 5.41) is 21.0. The zero-order valence-corrected chi connectivity index (χ0v) is 15.7. The summed E-state index contributed by atoms with van der Waals surface area (Å²) in [7, 11) is 0. The van der Waals surface area contributed by atoms with Crippen molar-refractivity contribution in [1.29, 1.82) is 0 Å². The van der Waals surface area contributed by atoms with Crippen LogP contribution in [0, 0.1) is 10.1 Å². The highest BCUT2D eigenvalue weighted by Crippen LogP contribution is 2.44. The molecule has 26 heavy (non-hydrogen) atoms. The zero-order chi connectivity index (χ0) is 18.1. The molecule has 138 valence electrons. The maximum atomic E-state index is 11.0. The maximum Gasteiger partial charge on any atom is 0.269 e. The van der Waals surface area contributed by atoms with E-state index in [0.717, 1.165) is 29.8 Å². The van der Waals surface area contributed by atoms with Gasteiger partial charge >= 0.3 is 0 Å². The molecule has 4 rings (SSSR count). The lowest BCUT2D eigenvalue weighted by Gasteiger charge is -2.28. The van der Waals surface area contributed by atoms with E-state index in [1.165, 1.54) is 38.2 Å². The van der Waals surface area contributed by atoms with Gasteiger partial charge in [0.15, 0.2) is 5.16 Å². The predicted octanol–water partition coefficient (Wildman–Crippen LogP) is 4.36. The van der Waals surface area contributed by atoms with Crippen LogP contribution < -0.4 is 4.90 Å². The third-order valence-corrected chi connectivity index (χ3v) is 6.14. The van der Waals surface area contributed by atoms with Crippen LogP contribution in [-0.4, -0.2) is 32.8 Å². The van der Waals surface area contributed by atoms with Crippen LogP contribution in [0.1, 0.15) is 55.9 Å². The van der Waals surface area contributed by atoms with E-state index in [2.05, 4.69) is 26.6 Å². The lowest BCUT2D eigenvalue weighted by molar-refractivity contribution is -0.384. The average Bonchev–Trinajstić information content (AvgIpc) is 3.42. The Balaban J connectivity index is 1.57. The first-order chi connectivity index (χ1) is 12.6. The van der Waals surface area contributed by atoms with Crippen molar-refractivity contribution in [2.24, 2.45) is 0 Å². The first kappa shape index (κ1) is 17.3. The molecule has 0 bridgehead atoms. The number of hydrogen-bond acceptors (Lipinski definition) is 6. The number of hydrogen-bond donors (Lipinski definition) is 0. The normalized spacial score (nSPS) is 18.7. The minimum atomic E-state index is -0.345. The van der Waals surface area contributed by atoms with Gasteiger partial charge in [0.1, 0.15) is 0 Å². The minimum Gasteiger partial charge on any atom is -0.341 e. The fourth-order valence-electron chi connectivity index (χ4n) is 3.43. The van der Waals surface area contributed by atoms with E-state index >= 15 is 0 Å². The molecular weight excluding hydrogens is 350 g/mol. The van der Waals surface area contributed by atoms with Gasteiger partial charge < -0.3 is 4.90 Å². The summed E-state index contributed by atoms with van der Waals surface area (Å²) in [6.45, 7) is 4.17. The van der Waals surface area contributed by atoms with Crippen molar-refractivity contribution in [3.8, 4) is 0 Å². The fourth-order valence-corrected chi connectivity index (χ4v) is 4.46. The Hall–Kier alpha value is -2.09. The molecule has 1 aliphatic heterocycles. The van der Waals surface area contributed by atoms with Gasteiger partial charge in [-0.05, 0) is 44.6 Å². The number of aromatic nitrogens is 3. The van der Waals surface area contributed by atoms with Gasteiger partial charge in [-0.15, -0.1) is 10.2 Å². The number of nitro groups is 1. The SMILES string of the molecule is CC(Sc1nnc(N2CCCCC2)n1C1CC1)c1cccc([N+](=O)[O-])c1. The van der Waals surface area contributed by atoms with Crippen LogP contribution in [0.4, 0.5) is 11.6 Å². The standard InChI is InChI=1S/C18H23N5O2S/c1-13(14-6-5-7-16(12-14)23(24)25)26-18-20-19-17(22(18)15-8-9-15)21-10-3-2-4-11-21/h5-7,12-13,15H,2-4,8-11H2,1H3. The molecule has 7 nitrogen and oxygen atoms in total. The van der Waals surface area contributed by atoms with Gasteiger partial charge in [0.25, 0.3) is 5.69 Å². The van der Waals surface area contributed by atoms with E-state index in [1.807, 2.05) is 6.07 Å². The molecule has 8 heteroatoms. The first-order valence-electron chi connectivity index (χ1n) is 9.24. The van der Waals surface area contributed by atoms with E-state index in [-0.39, 0.29) is 15.9 Å². The van der Waals surface area contributed by atoms with Crippen molar-refractivity contribution in [1.82, 2.24) is 14.8 Å². The summed E-state index contributed by atoms with van der Waals surface area (Å²) in [4.78, 5) is 13.0. The van der Waals surface area contributed by atoms with Crippen molar-refractivity contribution >= 4 is 23.4 Å². The Morgan fingerprint density at radius 3 is 2.69 bits per heavy atom. The van der Waals surface area contributed by atoms with Crippen LogP contribution in [0.15, 0.2) is 29.4 Å². The molecular formula is C18H23N5O2S. The molecule has 0 N–H and O–H groups in total. The molecule has 1 saturated carbocycles. The van der Waals surface area contributed by atoms with Gasteiger partial charge in [-0.2, -0.15) is 0 Å². The Bertz CT molecular complexity index is 799. The van der Waals surface area contributed by atoms with Crippen LogP contribution in [0.25, 0.3) is 0 Å². The molecule has 2 aliphatic rings. The molecule has 1 aliphatic carbocycles. The molecule has 2 heterocycles. The summed E-state index contributed by atoms with van der Waals surface area (Å²) in [6.07, 6.45) is 6.07.